The van der Waals surface area contributed by atoms with E-state index in [1.807, 2.05) is 18.9 Å². The summed E-state index contributed by atoms with van der Waals surface area (Å²) in [5.41, 5.74) is 1.58. The molecule has 0 radical (unpaired) electrons. The summed E-state index contributed by atoms with van der Waals surface area (Å²) in [6.45, 7) is 8.29. The molecule has 1 atom stereocenters. The van der Waals surface area contributed by atoms with Gasteiger partial charge in [0.2, 0.25) is 0 Å². The van der Waals surface area contributed by atoms with Crippen LogP contribution in [0.4, 0.5) is 0 Å². The normalized spacial score (nSPS) is 19.7. The maximum absolute atomic E-state index is 11.3. The Kier molecular flexibility index (Phi) is 6.19. The summed E-state index contributed by atoms with van der Waals surface area (Å²) in [5, 5.41) is 9.31. The molecule has 1 N–H and O–H groups in total. The fourth-order valence-electron chi connectivity index (χ4n) is 3.64. The molecule has 0 saturated carbocycles. The van der Waals surface area contributed by atoms with Gasteiger partial charge in [0.25, 0.3) is 0 Å². The molecule has 0 unspecified atom stereocenters. The van der Waals surface area contributed by atoms with Gasteiger partial charge in [-0.15, -0.1) is 0 Å². The number of carboxylic acid groups (broad SMARTS) is 1. The first kappa shape index (κ1) is 18.0. The monoisotopic (exact) mass is 318 g/mol. The molecule has 128 valence electrons. The van der Waals surface area contributed by atoms with Crippen molar-refractivity contribution in [2.24, 2.45) is 5.41 Å². The average molecular weight is 318 g/mol. The van der Waals surface area contributed by atoms with E-state index in [1.165, 1.54) is 5.56 Å². The Hall–Kier alpha value is -1.39. The fraction of sp³-hybridized carbons (Fsp3) is 0.632. The Morgan fingerprint density at radius 2 is 1.91 bits per heavy atom. The minimum absolute atomic E-state index is 0.213. The highest BCUT2D eigenvalue weighted by Gasteiger charge is 2.33. The Morgan fingerprint density at radius 3 is 2.43 bits per heavy atom. The van der Waals surface area contributed by atoms with Crippen molar-refractivity contribution in [3.05, 3.63) is 35.9 Å². The molecule has 23 heavy (non-hydrogen) atoms. The molecular weight excluding hydrogens is 288 g/mol. The molecule has 0 aromatic heterocycles. The van der Waals surface area contributed by atoms with Crippen LogP contribution in [-0.2, 0) is 11.3 Å². The van der Waals surface area contributed by atoms with E-state index in [0.29, 0.717) is 6.42 Å². The molecule has 0 bridgehead atoms. The second kappa shape index (κ2) is 7.93. The summed E-state index contributed by atoms with van der Waals surface area (Å²) in [4.78, 5) is 15.9. The summed E-state index contributed by atoms with van der Waals surface area (Å²) in [7, 11) is 1.95. The summed E-state index contributed by atoms with van der Waals surface area (Å²) >= 11 is 0. The lowest BCUT2D eigenvalue weighted by molar-refractivity contribution is -0.143. The quantitative estimate of drug-likeness (QED) is 0.839. The number of benzene rings is 1. The van der Waals surface area contributed by atoms with Gasteiger partial charge in [-0.2, -0.15) is 0 Å². The van der Waals surface area contributed by atoms with Gasteiger partial charge in [-0.25, -0.2) is 0 Å². The highest BCUT2D eigenvalue weighted by molar-refractivity contribution is 5.73. The minimum atomic E-state index is -0.708. The first-order valence-electron chi connectivity index (χ1n) is 8.63. The van der Waals surface area contributed by atoms with E-state index in [1.54, 1.807) is 0 Å². The number of nitrogens with zero attached hydrogens (tertiary/aromatic N) is 2. The van der Waals surface area contributed by atoms with E-state index in [0.717, 1.165) is 39.0 Å². The van der Waals surface area contributed by atoms with Gasteiger partial charge in [-0.3, -0.25) is 14.6 Å². The number of hydrogen-bond donors (Lipinski definition) is 1. The zero-order chi connectivity index (χ0) is 16.9. The van der Waals surface area contributed by atoms with Gasteiger partial charge in [0.1, 0.15) is 6.04 Å². The molecule has 0 aliphatic carbocycles. The predicted octanol–water partition coefficient (Wildman–Crippen LogP) is 3.08. The van der Waals surface area contributed by atoms with Crippen LogP contribution in [0.3, 0.4) is 0 Å². The molecule has 2 rings (SSSR count). The van der Waals surface area contributed by atoms with Gasteiger partial charge < -0.3 is 5.11 Å². The lowest BCUT2D eigenvalue weighted by atomic mass is 9.79. The van der Waals surface area contributed by atoms with E-state index in [9.17, 15) is 9.90 Å². The number of carboxylic acids is 1. The smallest absolute Gasteiger partial charge is 0.320 e. The average Bonchev–Trinajstić information content (AvgIpc) is 2.51. The summed E-state index contributed by atoms with van der Waals surface area (Å²) in [6, 6.07) is 10.2. The van der Waals surface area contributed by atoms with Crippen LogP contribution in [-0.4, -0.2) is 53.6 Å². The Morgan fingerprint density at radius 1 is 1.30 bits per heavy atom. The third-order valence-corrected chi connectivity index (χ3v) is 5.15. The van der Waals surface area contributed by atoms with E-state index in [-0.39, 0.29) is 11.5 Å². The Balaban J connectivity index is 1.85. The number of carbonyl (C=O) groups is 1. The van der Waals surface area contributed by atoms with Crippen LogP contribution in [0.2, 0.25) is 0 Å². The van der Waals surface area contributed by atoms with Crippen LogP contribution in [0.1, 0.15) is 38.7 Å². The zero-order valence-corrected chi connectivity index (χ0v) is 14.7. The molecule has 1 aromatic rings. The summed E-state index contributed by atoms with van der Waals surface area (Å²) < 4.78 is 0. The van der Waals surface area contributed by atoms with Crippen molar-refractivity contribution in [1.82, 2.24) is 9.80 Å². The number of piperidine rings is 1. The minimum Gasteiger partial charge on any atom is -0.480 e. The predicted molar refractivity (Wildman–Crippen MR) is 93.4 cm³/mol. The van der Waals surface area contributed by atoms with Gasteiger partial charge >= 0.3 is 5.97 Å². The van der Waals surface area contributed by atoms with Gasteiger partial charge in [0, 0.05) is 13.1 Å². The molecule has 0 spiro atoms. The number of rotatable bonds is 7. The largest absolute Gasteiger partial charge is 0.480 e. The van der Waals surface area contributed by atoms with E-state index >= 15 is 0 Å². The van der Waals surface area contributed by atoms with Crippen molar-refractivity contribution in [1.29, 1.82) is 0 Å². The van der Waals surface area contributed by atoms with Crippen molar-refractivity contribution >= 4 is 5.97 Å². The first-order valence-corrected chi connectivity index (χ1v) is 8.63. The van der Waals surface area contributed by atoms with Crippen LogP contribution in [0, 0.1) is 5.41 Å². The van der Waals surface area contributed by atoms with Gasteiger partial charge in [0.05, 0.1) is 0 Å². The van der Waals surface area contributed by atoms with Crippen LogP contribution in [0.25, 0.3) is 0 Å². The Bertz CT molecular complexity index is 495. The SMILES string of the molecule is CC[C@H](C(=O)O)N(C)CC1(C)CCN(Cc2ccccc2)CC1. The topological polar surface area (TPSA) is 43.8 Å². The van der Waals surface area contributed by atoms with Crippen molar-refractivity contribution < 1.29 is 9.90 Å². The van der Waals surface area contributed by atoms with Gasteiger partial charge in [-0.1, -0.05) is 44.2 Å². The summed E-state index contributed by atoms with van der Waals surface area (Å²) in [5.74, 6) is -0.708. The number of hydrogen-bond acceptors (Lipinski definition) is 3. The molecule has 1 saturated heterocycles. The molecule has 4 nitrogen and oxygen atoms in total. The van der Waals surface area contributed by atoms with Crippen LogP contribution < -0.4 is 0 Å². The molecule has 1 aromatic carbocycles. The standard InChI is InChI=1S/C19H30N2O2/c1-4-17(18(22)23)20(3)15-19(2)10-12-21(13-11-19)14-16-8-6-5-7-9-16/h5-9,17H,4,10-15H2,1-3H3,(H,22,23)/t17-/m1/s1. The fourth-order valence-corrected chi connectivity index (χ4v) is 3.64. The highest BCUT2D eigenvalue weighted by Crippen LogP contribution is 2.32. The molecule has 1 heterocycles. The third kappa shape index (κ3) is 5.05. The van der Waals surface area contributed by atoms with Crippen LogP contribution in [0.5, 0.6) is 0 Å². The number of likely N-dealkylation sites (tertiary alicyclic amines) is 1. The second-order valence-electron chi connectivity index (χ2n) is 7.25. The maximum atomic E-state index is 11.3. The van der Waals surface area contributed by atoms with E-state index in [4.69, 9.17) is 0 Å². The van der Waals surface area contributed by atoms with Crippen molar-refractivity contribution in [2.45, 2.75) is 45.7 Å². The lowest BCUT2D eigenvalue weighted by Crippen LogP contribution is -2.47. The van der Waals surface area contributed by atoms with E-state index < -0.39 is 5.97 Å². The van der Waals surface area contributed by atoms with Crippen molar-refractivity contribution in [2.75, 3.05) is 26.7 Å². The molecule has 4 heteroatoms. The second-order valence-corrected chi connectivity index (χ2v) is 7.25. The van der Waals surface area contributed by atoms with Crippen molar-refractivity contribution in [3.8, 4) is 0 Å². The highest BCUT2D eigenvalue weighted by atomic mass is 16.4. The maximum Gasteiger partial charge on any atom is 0.320 e. The third-order valence-electron chi connectivity index (χ3n) is 5.15. The summed E-state index contributed by atoms with van der Waals surface area (Å²) in [6.07, 6.45) is 2.91. The van der Waals surface area contributed by atoms with Crippen LogP contribution >= 0.6 is 0 Å². The van der Waals surface area contributed by atoms with E-state index in [2.05, 4.69) is 42.2 Å². The molecular formula is C19H30N2O2. The van der Waals surface area contributed by atoms with Gasteiger partial charge in [-0.05, 0) is 50.4 Å². The van der Waals surface area contributed by atoms with Gasteiger partial charge in [0.15, 0.2) is 0 Å². The molecule has 1 aliphatic rings. The zero-order valence-electron chi connectivity index (χ0n) is 14.7. The van der Waals surface area contributed by atoms with Crippen molar-refractivity contribution in [3.63, 3.8) is 0 Å². The number of likely N-dealkylation sites (N-methyl/N-ethyl adjacent to an activating group) is 1. The lowest BCUT2D eigenvalue weighted by Gasteiger charge is -2.42. The van der Waals surface area contributed by atoms with Crippen LogP contribution in [0.15, 0.2) is 30.3 Å². The molecule has 1 fully saturated rings. The molecule has 0 amide bonds. The number of aliphatic carboxylic acids is 1. The first-order chi connectivity index (χ1) is 10.9. The molecule has 1 aliphatic heterocycles. The Labute approximate surface area is 140 Å².